The van der Waals surface area contributed by atoms with Crippen molar-refractivity contribution >= 4 is 21.4 Å². The SMILES string of the molecule is CS(=O)(=O)CC(=O)Nc1ccc(CCN)cc1. The van der Waals surface area contributed by atoms with Gasteiger partial charge in [0.15, 0.2) is 9.84 Å². The Bertz CT molecular complexity index is 480. The van der Waals surface area contributed by atoms with Gasteiger partial charge >= 0.3 is 0 Å². The third-order valence-electron chi connectivity index (χ3n) is 2.06. The molecule has 0 fully saturated rings. The summed E-state index contributed by atoms with van der Waals surface area (Å²) in [6.07, 6.45) is 1.80. The summed E-state index contributed by atoms with van der Waals surface area (Å²) in [5, 5.41) is 2.52. The molecule has 1 aromatic carbocycles. The van der Waals surface area contributed by atoms with Crippen molar-refractivity contribution in [2.24, 2.45) is 5.73 Å². The third kappa shape index (κ3) is 5.46. The summed E-state index contributed by atoms with van der Waals surface area (Å²) in [5.74, 6) is -1.03. The van der Waals surface area contributed by atoms with Crippen LogP contribution < -0.4 is 11.1 Å². The van der Waals surface area contributed by atoms with E-state index >= 15 is 0 Å². The van der Waals surface area contributed by atoms with Crippen LogP contribution in [0.5, 0.6) is 0 Å². The smallest absolute Gasteiger partial charge is 0.239 e. The highest BCUT2D eigenvalue weighted by molar-refractivity contribution is 7.91. The maximum Gasteiger partial charge on any atom is 0.239 e. The van der Waals surface area contributed by atoms with Gasteiger partial charge in [-0.3, -0.25) is 4.79 Å². The van der Waals surface area contributed by atoms with Crippen molar-refractivity contribution in [3.8, 4) is 0 Å². The number of rotatable bonds is 5. The van der Waals surface area contributed by atoms with Gasteiger partial charge < -0.3 is 11.1 Å². The molecular formula is C11H16N2O3S. The van der Waals surface area contributed by atoms with Crippen molar-refractivity contribution in [1.29, 1.82) is 0 Å². The van der Waals surface area contributed by atoms with Crippen molar-refractivity contribution < 1.29 is 13.2 Å². The number of sulfone groups is 1. The van der Waals surface area contributed by atoms with Gasteiger partial charge in [-0.15, -0.1) is 0 Å². The molecule has 1 rings (SSSR count). The highest BCUT2D eigenvalue weighted by atomic mass is 32.2. The topological polar surface area (TPSA) is 89.3 Å². The molecule has 0 bridgehead atoms. The van der Waals surface area contributed by atoms with Crippen molar-refractivity contribution in [3.05, 3.63) is 29.8 Å². The summed E-state index contributed by atoms with van der Waals surface area (Å²) in [4.78, 5) is 11.3. The molecule has 0 aliphatic rings. The molecule has 6 heteroatoms. The quantitative estimate of drug-likeness (QED) is 0.786. The minimum atomic E-state index is -3.29. The van der Waals surface area contributed by atoms with Gasteiger partial charge in [0.25, 0.3) is 0 Å². The standard InChI is InChI=1S/C11H16N2O3S/c1-17(15,16)8-11(14)13-10-4-2-9(3-5-10)6-7-12/h2-5H,6-8,12H2,1H3,(H,13,14). The van der Waals surface area contributed by atoms with Crippen LogP contribution in [0.15, 0.2) is 24.3 Å². The lowest BCUT2D eigenvalue weighted by atomic mass is 10.1. The third-order valence-corrected chi connectivity index (χ3v) is 2.85. The molecule has 0 saturated carbocycles. The largest absolute Gasteiger partial charge is 0.330 e. The lowest BCUT2D eigenvalue weighted by molar-refractivity contribution is -0.113. The van der Waals surface area contributed by atoms with Gasteiger partial charge in [0.05, 0.1) is 0 Å². The zero-order valence-corrected chi connectivity index (χ0v) is 10.5. The summed E-state index contributed by atoms with van der Waals surface area (Å²) in [7, 11) is -3.29. The number of nitrogens with one attached hydrogen (secondary N) is 1. The van der Waals surface area contributed by atoms with Crippen LogP contribution in [0.25, 0.3) is 0 Å². The number of amides is 1. The number of hydrogen-bond acceptors (Lipinski definition) is 4. The summed E-state index contributed by atoms with van der Waals surface area (Å²) in [6.45, 7) is 0.569. The predicted octanol–water partition coefficient (Wildman–Crippen LogP) is 0.171. The first kappa shape index (κ1) is 13.7. The predicted molar refractivity (Wildman–Crippen MR) is 67.5 cm³/mol. The monoisotopic (exact) mass is 256 g/mol. The van der Waals surface area contributed by atoms with Gasteiger partial charge in [-0.05, 0) is 30.7 Å². The molecule has 1 amide bonds. The Kier molecular flexibility index (Phi) is 4.65. The molecule has 94 valence electrons. The van der Waals surface area contributed by atoms with E-state index in [2.05, 4.69) is 5.32 Å². The van der Waals surface area contributed by atoms with E-state index in [0.717, 1.165) is 18.2 Å². The van der Waals surface area contributed by atoms with E-state index in [1.54, 1.807) is 12.1 Å². The molecule has 0 unspecified atom stereocenters. The van der Waals surface area contributed by atoms with E-state index < -0.39 is 21.5 Å². The molecule has 0 radical (unpaired) electrons. The summed E-state index contributed by atoms with van der Waals surface area (Å²) < 4.78 is 21.8. The zero-order chi connectivity index (χ0) is 12.9. The molecule has 5 nitrogen and oxygen atoms in total. The van der Waals surface area contributed by atoms with E-state index in [4.69, 9.17) is 5.73 Å². The van der Waals surface area contributed by atoms with E-state index in [9.17, 15) is 13.2 Å². The highest BCUT2D eigenvalue weighted by Gasteiger charge is 2.10. The highest BCUT2D eigenvalue weighted by Crippen LogP contribution is 2.09. The van der Waals surface area contributed by atoms with Crippen molar-refractivity contribution in [3.63, 3.8) is 0 Å². The van der Waals surface area contributed by atoms with Crippen molar-refractivity contribution in [2.45, 2.75) is 6.42 Å². The second kappa shape index (κ2) is 5.79. The first-order valence-corrected chi connectivity index (χ1v) is 7.23. The summed E-state index contributed by atoms with van der Waals surface area (Å²) >= 11 is 0. The molecule has 1 aromatic rings. The Labute approximate surface area is 101 Å². The Hall–Kier alpha value is -1.40. The molecular weight excluding hydrogens is 240 g/mol. The Morgan fingerprint density at radius 2 is 1.88 bits per heavy atom. The fourth-order valence-electron chi connectivity index (χ4n) is 1.36. The molecule has 0 aromatic heterocycles. The fraction of sp³-hybridized carbons (Fsp3) is 0.364. The molecule has 0 spiro atoms. The molecule has 0 saturated heterocycles. The lowest BCUT2D eigenvalue weighted by Crippen LogP contribution is -2.21. The number of benzene rings is 1. The molecule has 3 N–H and O–H groups in total. The van der Waals surface area contributed by atoms with Crippen molar-refractivity contribution in [2.75, 3.05) is 23.9 Å². The van der Waals surface area contributed by atoms with E-state index in [1.807, 2.05) is 12.1 Å². The van der Waals surface area contributed by atoms with E-state index in [1.165, 1.54) is 0 Å². The average Bonchev–Trinajstić information content (AvgIpc) is 2.18. The van der Waals surface area contributed by atoms with Crippen LogP contribution in [0.3, 0.4) is 0 Å². The first-order valence-electron chi connectivity index (χ1n) is 5.17. The second-order valence-electron chi connectivity index (χ2n) is 3.85. The normalized spacial score (nSPS) is 11.2. The Morgan fingerprint density at radius 1 is 1.29 bits per heavy atom. The van der Waals surface area contributed by atoms with Gasteiger partial charge in [-0.2, -0.15) is 0 Å². The van der Waals surface area contributed by atoms with Gasteiger partial charge in [-0.1, -0.05) is 12.1 Å². The Balaban J connectivity index is 2.60. The van der Waals surface area contributed by atoms with Crippen LogP contribution in [0.2, 0.25) is 0 Å². The van der Waals surface area contributed by atoms with Crippen LogP contribution in [0.1, 0.15) is 5.56 Å². The Morgan fingerprint density at radius 3 is 2.35 bits per heavy atom. The minimum absolute atomic E-state index is 0.502. The van der Waals surface area contributed by atoms with Crippen LogP contribution in [0, 0.1) is 0 Å². The van der Waals surface area contributed by atoms with Crippen LogP contribution >= 0.6 is 0 Å². The molecule has 0 heterocycles. The van der Waals surface area contributed by atoms with Gasteiger partial charge in [0.2, 0.25) is 5.91 Å². The zero-order valence-electron chi connectivity index (χ0n) is 9.64. The summed E-state index contributed by atoms with van der Waals surface area (Å²) in [6, 6.07) is 7.15. The fourth-order valence-corrected chi connectivity index (χ4v) is 1.91. The van der Waals surface area contributed by atoms with Crippen LogP contribution in [-0.4, -0.2) is 32.9 Å². The minimum Gasteiger partial charge on any atom is -0.330 e. The average molecular weight is 256 g/mol. The molecule has 17 heavy (non-hydrogen) atoms. The van der Waals surface area contributed by atoms with Crippen LogP contribution in [-0.2, 0) is 21.1 Å². The molecule has 0 atom stereocenters. The number of anilines is 1. The van der Waals surface area contributed by atoms with Gasteiger partial charge in [0, 0.05) is 11.9 Å². The van der Waals surface area contributed by atoms with Crippen LogP contribution in [0.4, 0.5) is 5.69 Å². The second-order valence-corrected chi connectivity index (χ2v) is 5.99. The maximum absolute atomic E-state index is 11.3. The number of carbonyl (C=O) groups excluding carboxylic acids is 1. The number of nitrogens with two attached hydrogens (primary N) is 1. The number of carbonyl (C=O) groups is 1. The molecule has 0 aliphatic carbocycles. The maximum atomic E-state index is 11.3. The van der Waals surface area contributed by atoms with Gasteiger partial charge in [0.1, 0.15) is 5.75 Å². The molecule has 0 aliphatic heterocycles. The van der Waals surface area contributed by atoms with Gasteiger partial charge in [-0.25, -0.2) is 8.42 Å². The van der Waals surface area contributed by atoms with Crippen molar-refractivity contribution in [1.82, 2.24) is 0 Å². The summed E-state index contributed by atoms with van der Waals surface area (Å²) in [5.41, 5.74) is 7.07. The first-order chi connectivity index (χ1) is 7.90. The van der Waals surface area contributed by atoms with E-state index in [-0.39, 0.29) is 0 Å². The van der Waals surface area contributed by atoms with E-state index in [0.29, 0.717) is 12.2 Å². The number of hydrogen-bond donors (Lipinski definition) is 2. The lowest BCUT2D eigenvalue weighted by Gasteiger charge is -2.05.